The average Bonchev–Trinajstić information content (AvgIpc) is 1.65. The Morgan fingerprint density at radius 2 is 2.29 bits per heavy atom. The van der Waals surface area contributed by atoms with E-state index in [-0.39, 0.29) is 11.6 Å². The summed E-state index contributed by atoms with van der Waals surface area (Å²) < 4.78 is 0. The lowest BCUT2D eigenvalue weighted by Crippen LogP contribution is -2.24. The average molecular weight is 119 g/mol. The van der Waals surface area contributed by atoms with Crippen molar-refractivity contribution in [2.45, 2.75) is 12.6 Å². The molecule has 0 fully saturated rings. The van der Waals surface area contributed by atoms with E-state index in [0.29, 0.717) is 0 Å². The summed E-state index contributed by atoms with van der Waals surface area (Å²) in [4.78, 5) is 10.4. The van der Waals surface area contributed by atoms with Gasteiger partial charge in [-0.3, -0.25) is 4.79 Å². The second-order valence-corrected chi connectivity index (χ2v) is 2.40. The lowest BCUT2D eigenvalue weighted by Gasteiger charge is -1.98. The molecule has 0 aliphatic heterocycles. The van der Waals surface area contributed by atoms with E-state index in [1.807, 2.05) is 6.92 Å². The van der Waals surface area contributed by atoms with E-state index in [1.54, 1.807) is 7.05 Å². The van der Waals surface area contributed by atoms with Crippen molar-refractivity contribution in [1.29, 1.82) is 0 Å². The molecule has 0 aromatic rings. The molecule has 0 saturated carbocycles. The minimum absolute atomic E-state index is 0.0324. The largest absolute Gasteiger partial charge is 0.359 e. The fourth-order valence-electron chi connectivity index (χ4n) is 0.228. The van der Waals surface area contributed by atoms with Gasteiger partial charge in [-0.05, 0) is 0 Å². The first-order valence-corrected chi connectivity index (χ1v) is 2.82. The third-order valence-corrected chi connectivity index (χ3v) is 0.963. The first kappa shape index (κ1) is 6.90. The van der Waals surface area contributed by atoms with Crippen LogP contribution in [0.15, 0.2) is 0 Å². The van der Waals surface area contributed by atoms with Crippen LogP contribution >= 0.6 is 9.24 Å². The van der Waals surface area contributed by atoms with Crippen molar-refractivity contribution >= 4 is 15.1 Å². The second kappa shape index (κ2) is 2.98. The summed E-state index contributed by atoms with van der Waals surface area (Å²) in [6.07, 6.45) is 0. The van der Waals surface area contributed by atoms with Crippen molar-refractivity contribution in [3.8, 4) is 0 Å². The molecule has 2 nitrogen and oxygen atoms in total. The zero-order valence-corrected chi connectivity index (χ0v) is 5.72. The lowest BCUT2D eigenvalue weighted by atomic mass is 10.4. The smallest absolute Gasteiger partial charge is 0.226 e. The summed E-state index contributed by atoms with van der Waals surface area (Å²) in [5.41, 5.74) is 0.0324. The Morgan fingerprint density at radius 3 is 2.29 bits per heavy atom. The summed E-state index contributed by atoms with van der Waals surface area (Å²) in [7, 11) is 4.03. The number of hydrogen-bond acceptors (Lipinski definition) is 1. The van der Waals surface area contributed by atoms with Gasteiger partial charge >= 0.3 is 0 Å². The summed E-state index contributed by atoms with van der Waals surface area (Å²) in [5.74, 6) is 0.0602. The quantitative estimate of drug-likeness (QED) is 0.483. The van der Waals surface area contributed by atoms with Crippen LogP contribution in [0.2, 0.25) is 0 Å². The van der Waals surface area contributed by atoms with E-state index in [1.165, 1.54) is 0 Å². The van der Waals surface area contributed by atoms with Crippen LogP contribution in [0.4, 0.5) is 0 Å². The molecule has 0 bridgehead atoms. The highest BCUT2D eigenvalue weighted by Crippen LogP contribution is 1.94. The maximum absolute atomic E-state index is 10.4. The monoisotopic (exact) mass is 119 g/mol. The number of carbonyl (C=O) groups excluding carboxylic acids is 1. The Kier molecular flexibility index (Phi) is 2.93. The fourth-order valence-corrected chi connectivity index (χ4v) is 0.394. The van der Waals surface area contributed by atoms with E-state index in [0.717, 1.165) is 0 Å². The third kappa shape index (κ3) is 2.58. The van der Waals surface area contributed by atoms with Gasteiger partial charge in [0.05, 0.1) is 0 Å². The summed E-state index contributed by atoms with van der Waals surface area (Å²) in [6, 6.07) is 0. The van der Waals surface area contributed by atoms with Crippen LogP contribution in [0.1, 0.15) is 6.92 Å². The van der Waals surface area contributed by atoms with Gasteiger partial charge in [0, 0.05) is 12.7 Å². The highest BCUT2D eigenvalue weighted by atomic mass is 31.0. The number of rotatable bonds is 1. The van der Waals surface area contributed by atoms with E-state index in [2.05, 4.69) is 14.6 Å². The molecule has 42 valence electrons. The van der Waals surface area contributed by atoms with Crippen LogP contribution in [0.5, 0.6) is 0 Å². The van der Waals surface area contributed by atoms with Crippen LogP contribution in [-0.2, 0) is 4.79 Å². The highest BCUT2D eigenvalue weighted by Gasteiger charge is 2.00. The predicted octanol–water partition coefficient (Wildman–Crippen LogP) is -0.00400. The molecule has 0 heterocycles. The van der Waals surface area contributed by atoms with Crippen LogP contribution in [-0.4, -0.2) is 18.6 Å². The minimum Gasteiger partial charge on any atom is -0.359 e. The molecule has 0 aliphatic carbocycles. The third-order valence-electron chi connectivity index (χ3n) is 0.660. The zero-order chi connectivity index (χ0) is 5.86. The van der Waals surface area contributed by atoms with Gasteiger partial charge in [-0.25, -0.2) is 0 Å². The molecule has 2 atom stereocenters. The van der Waals surface area contributed by atoms with Crippen molar-refractivity contribution in [3.05, 3.63) is 0 Å². The van der Waals surface area contributed by atoms with Gasteiger partial charge in [0.2, 0.25) is 5.91 Å². The highest BCUT2D eigenvalue weighted by molar-refractivity contribution is 7.19. The van der Waals surface area contributed by atoms with Crippen molar-refractivity contribution in [1.82, 2.24) is 5.32 Å². The summed E-state index contributed by atoms with van der Waals surface area (Å²) >= 11 is 0. The molecule has 1 N–H and O–H groups in total. The molecule has 0 spiro atoms. The molecular formula is C4H10NOP. The minimum atomic E-state index is 0.0324. The molecule has 3 heteroatoms. The SMILES string of the molecule is CNC(=O)C(C)P. The number of carbonyl (C=O) groups is 1. The molecular weight excluding hydrogens is 109 g/mol. The molecule has 0 aromatic carbocycles. The van der Waals surface area contributed by atoms with Gasteiger partial charge in [0.1, 0.15) is 0 Å². The number of hydrogen-bond donors (Lipinski definition) is 1. The van der Waals surface area contributed by atoms with Crippen LogP contribution in [0, 0.1) is 0 Å². The van der Waals surface area contributed by atoms with Crippen LogP contribution in [0.3, 0.4) is 0 Å². The van der Waals surface area contributed by atoms with Gasteiger partial charge in [-0.1, -0.05) is 6.92 Å². The van der Waals surface area contributed by atoms with E-state index >= 15 is 0 Å². The Balaban J connectivity index is 3.35. The lowest BCUT2D eigenvalue weighted by molar-refractivity contribution is -0.119. The van der Waals surface area contributed by atoms with E-state index in [4.69, 9.17) is 0 Å². The second-order valence-electron chi connectivity index (χ2n) is 1.40. The molecule has 0 radical (unpaired) electrons. The summed E-state index contributed by atoms with van der Waals surface area (Å²) in [5, 5.41) is 2.50. The van der Waals surface area contributed by atoms with E-state index < -0.39 is 0 Å². The molecule has 1 amide bonds. The molecule has 0 aliphatic rings. The Morgan fingerprint density at radius 1 is 1.86 bits per heavy atom. The van der Waals surface area contributed by atoms with Crippen molar-refractivity contribution < 1.29 is 4.79 Å². The fraction of sp³-hybridized carbons (Fsp3) is 0.750. The Hall–Kier alpha value is -0.100. The molecule has 7 heavy (non-hydrogen) atoms. The van der Waals surface area contributed by atoms with Crippen molar-refractivity contribution in [2.75, 3.05) is 7.05 Å². The normalized spacial score (nSPS) is 13.0. The van der Waals surface area contributed by atoms with E-state index in [9.17, 15) is 4.79 Å². The first-order valence-electron chi connectivity index (χ1n) is 2.15. The van der Waals surface area contributed by atoms with Crippen molar-refractivity contribution in [2.24, 2.45) is 0 Å². The van der Waals surface area contributed by atoms with Gasteiger partial charge in [0.15, 0.2) is 0 Å². The van der Waals surface area contributed by atoms with Gasteiger partial charge in [-0.15, -0.1) is 9.24 Å². The summed E-state index contributed by atoms with van der Waals surface area (Å²) in [6.45, 7) is 1.82. The zero-order valence-electron chi connectivity index (χ0n) is 4.56. The predicted molar refractivity (Wildman–Crippen MR) is 33.2 cm³/mol. The molecule has 0 saturated heterocycles. The molecule has 0 aromatic heterocycles. The first-order chi connectivity index (χ1) is 3.18. The standard InChI is InChI=1S/C4H10NOP/c1-3(7)4(6)5-2/h3H,7H2,1-2H3,(H,5,6). The van der Waals surface area contributed by atoms with Crippen LogP contribution in [0.25, 0.3) is 0 Å². The topological polar surface area (TPSA) is 29.1 Å². The van der Waals surface area contributed by atoms with Gasteiger partial charge < -0.3 is 5.32 Å². The Labute approximate surface area is 45.9 Å². The van der Waals surface area contributed by atoms with Crippen molar-refractivity contribution in [3.63, 3.8) is 0 Å². The number of nitrogens with one attached hydrogen (secondary N) is 1. The van der Waals surface area contributed by atoms with Crippen LogP contribution < -0.4 is 5.32 Å². The van der Waals surface area contributed by atoms with Gasteiger partial charge in [0.25, 0.3) is 0 Å². The maximum Gasteiger partial charge on any atom is 0.226 e. The van der Waals surface area contributed by atoms with Gasteiger partial charge in [-0.2, -0.15) is 0 Å². The molecule has 0 rings (SSSR count). The number of amides is 1. The Bertz CT molecular complexity index is 72.1. The molecule has 2 unspecified atom stereocenters. The maximum atomic E-state index is 10.4.